The van der Waals surface area contributed by atoms with Crippen molar-refractivity contribution in [3.63, 3.8) is 0 Å². The first-order chi connectivity index (χ1) is 8.81. The fourth-order valence-electron chi connectivity index (χ4n) is 1.88. The van der Waals surface area contributed by atoms with Crippen molar-refractivity contribution < 1.29 is 14.6 Å². The van der Waals surface area contributed by atoms with E-state index in [1.54, 1.807) is 24.4 Å². The highest BCUT2D eigenvalue weighted by atomic mass is 35.5. The van der Waals surface area contributed by atoms with E-state index in [9.17, 15) is 9.90 Å². The second-order valence-electron chi connectivity index (χ2n) is 5.32. The minimum absolute atomic E-state index is 0.130. The van der Waals surface area contributed by atoms with Gasteiger partial charge >= 0.3 is 6.09 Å². The SMILES string of the molecule is CC(C)(C)OC(=O)n1ccc2c(CO)cc(Cl)cc21. The maximum absolute atomic E-state index is 12.1. The summed E-state index contributed by atoms with van der Waals surface area (Å²) in [6.45, 7) is 5.30. The smallest absolute Gasteiger partial charge is 0.418 e. The molecule has 2 aromatic rings. The van der Waals surface area contributed by atoms with Crippen molar-refractivity contribution >= 4 is 28.6 Å². The zero-order chi connectivity index (χ0) is 14.2. The number of benzene rings is 1. The second-order valence-corrected chi connectivity index (χ2v) is 5.76. The molecule has 0 atom stereocenters. The number of hydrogen-bond donors (Lipinski definition) is 1. The van der Waals surface area contributed by atoms with E-state index < -0.39 is 11.7 Å². The van der Waals surface area contributed by atoms with Gasteiger partial charge in [0.1, 0.15) is 5.60 Å². The quantitative estimate of drug-likeness (QED) is 0.869. The largest absolute Gasteiger partial charge is 0.443 e. The Labute approximate surface area is 116 Å². The number of rotatable bonds is 1. The van der Waals surface area contributed by atoms with Gasteiger partial charge < -0.3 is 9.84 Å². The first-order valence-corrected chi connectivity index (χ1v) is 6.33. The number of aliphatic hydroxyl groups excluding tert-OH is 1. The molecular formula is C14H16ClNO3. The highest BCUT2D eigenvalue weighted by Crippen LogP contribution is 2.26. The van der Waals surface area contributed by atoms with Crippen LogP contribution in [0, 0.1) is 0 Å². The third kappa shape index (κ3) is 2.91. The van der Waals surface area contributed by atoms with Crippen LogP contribution in [0.3, 0.4) is 0 Å². The van der Waals surface area contributed by atoms with Gasteiger partial charge in [-0.25, -0.2) is 4.79 Å². The Hall–Kier alpha value is -1.52. The minimum atomic E-state index is -0.563. The van der Waals surface area contributed by atoms with E-state index in [4.69, 9.17) is 16.3 Å². The lowest BCUT2D eigenvalue weighted by Gasteiger charge is -2.19. The second kappa shape index (κ2) is 4.87. The molecule has 0 aliphatic carbocycles. The number of aromatic nitrogens is 1. The lowest BCUT2D eigenvalue weighted by Crippen LogP contribution is -2.26. The summed E-state index contributed by atoms with van der Waals surface area (Å²) < 4.78 is 6.72. The van der Waals surface area contributed by atoms with Crippen LogP contribution in [0.5, 0.6) is 0 Å². The molecule has 1 heterocycles. The van der Waals surface area contributed by atoms with E-state index in [0.717, 1.165) is 5.39 Å². The maximum Gasteiger partial charge on any atom is 0.418 e. The van der Waals surface area contributed by atoms with Gasteiger partial charge in [0.2, 0.25) is 0 Å². The van der Waals surface area contributed by atoms with E-state index in [1.165, 1.54) is 4.57 Å². The topological polar surface area (TPSA) is 51.5 Å². The molecule has 0 saturated carbocycles. The van der Waals surface area contributed by atoms with Crippen LogP contribution in [-0.4, -0.2) is 21.4 Å². The minimum Gasteiger partial charge on any atom is -0.443 e. The van der Waals surface area contributed by atoms with Crippen molar-refractivity contribution in [3.05, 3.63) is 35.0 Å². The molecule has 0 unspecified atom stereocenters. The average Bonchev–Trinajstić information content (AvgIpc) is 2.69. The molecule has 0 bridgehead atoms. The Balaban J connectivity index is 2.51. The number of carbonyl (C=O) groups excluding carboxylic acids is 1. The lowest BCUT2D eigenvalue weighted by molar-refractivity contribution is 0.0544. The molecule has 4 nitrogen and oxygen atoms in total. The number of hydrogen-bond acceptors (Lipinski definition) is 3. The molecule has 0 spiro atoms. The monoisotopic (exact) mass is 281 g/mol. The van der Waals surface area contributed by atoms with E-state index in [1.807, 2.05) is 20.8 Å². The molecule has 0 amide bonds. The molecule has 102 valence electrons. The molecule has 0 aliphatic rings. The third-order valence-electron chi connectivity index (χ3n) is 2.62. The van der Waals surface area contributed by atoms with Crippen molar-refractivity contribution in [2.24, 2.45) is 0 Å². The molecule has 0 aliphatic heterocycles. The van der Waals surface area contributed by atoms with Gasteiger partial charge in [-0.3, -0.25) is 4.57 Å². The van der Waals surface area contributed by atoms with Crippen molar-refractivity contribution in [1.82, 2.24) is 4.57 Å². The first kappa shape index (κ1) is 13.9. The maximum atomic E-state index is 12.1. The Morgan fingerprint density at radius 3 is 2.68 bits per heavy atom. The number of fused-ring (bicyclic) bond motifs is 1. The van der Waals surface area contributed by atoms with Crippen LogP contribution in [0.15, 0.2) is 24.4 Å². The average molecular weight is 282 g/mol. The first-order valence-electron chi connectivity index (χ1n) is 5.95. The summed E-state index contributed by atoms with van der Waals surface area (Å²) in [4.78, 5) is 12.1. The molecule has 0 saturated heterocycles. The van der Waals surface area contributed by atoms with Crippen LogP contribution in [0.25, 0.3) is 10.9 Å². The molecule has 1 aromatic heterocycles. The van der Waals surface area contributed by atoms with Gasteiger partial charge in [-0.1, -0.05) is 11.6 Å². The van der Waals surface area contributed by atoms with E-state index in [2.05, 4.69) is 0 Å². The number of nitrogens with zero attached hydrogens (tertiary/aromatic N) is 1. The van der Waals surface area contributed by atoms with Crippen LogP contribution in [0.1, 0.15) is 26.3 Å². The van der Waals surface area contributed by atoms with Gasteiger partial charge in [0.25, 0.3) is 0 Å². The Bertz CT molecular complexity index is 625. The highest BCUT2D eigenvalue weighted by Gasteiger charge is 2.19. The van der Waals surface area contributed by atoms with E-state index in [-0.39, 0.29) is 6.61 Å². The van der Waals surface area contributed by atoms with E-state index >= 15 is 0 Å². The molecule has 5 heteroatoms. The number of halogens is 1. The van der Waals surface area contributed by atoms with Crippen LogP contribution in [0.4, 0.5) is 4.79 Å². The molecule has 2 rings (SSSR count). The molecule has 0 fully saturated rings. The van der Waals surface area contributed by atoms with E-state index in [0.29, 0.717) is 16.1 Å². The molecule has 1 aromatic carbocycles. The predicted molar refractivity (Wildman–Crippen MR) is 74.5 cm³/mol. The summed E-state index contributed by atoms with van der Waals surface area (Å²) >= 11 is 5.99. The Morgan fingerprint density at radius 1 is 1.42 bits per heavy atom. The van der Waals surface area contributed by atoms with Gasteiger partial charge in [0, 0.05) is 16.6 Å². The standard InChI is InChI=1S/C14H16ClNO3/c1-14(2,3)19-13(18)16-5-4-11-9(8-17)6-10(15)7-12(11)16/h4-7,17H,8H2,1-3H3. The van der Waals surface area contributed by atoms with Crippen molar-refractivity contribution in [3.8, 4) is 0 Å². The third-order valence-corrected chi connectivity index (χ3v) is 2.84. The number of carbonyl (C=O) groups is 1. The van der Waals surface area contributed by atoms with Crippen LogP contribution < -0.4 is 0 Å². The summed E-state index contributed by atoms with van der Waals surface area (Å²) in [6.07, 6.45) is 1.16. The molecular weight excluding hydrogens is 266 g/mol. The number of ether oxygens (including phenoxy) is 1. The fraction of sp³-hybridized carbons (Fsp3) is 0.357. The summed E-state index contributed by atoms with van der Waals surface area (Å²) in [6, 6.07) is 5.13. The zero-order valence-corrected chi connectivity index (χ0v) is 11.9. The Morgan fingerprint density at radius 2 is 2.11 bits per heavy atom. The summed E-state index contributed by atoms with van der Waals surface area (Å²) in [5.41, 5.74) is 0.752. The Kier molecular flexibility index (Phi) is 3.56. The van der Waals surface area contributed by atoms with Gasteiger partial charge in [0.05, 0.1) is 12.1 Å². The summed E-state index contributed by atoms with van der Waals surface area (Å²) in [7, 11) is 0. The fourth-order valence-corrected chi connectivity index (χ4v) is 2.12. The molecule has 19 heavy (non-hydrogen) atoms. The van der Waals surface area contributed by atoms with Crippen molar-refractivity contribution in [2.45, 2.75) is 33.0 Å². The van der Waals surface area contributed by atoms with Gasteiger partial charge in [0.15, 0.2) is 0 Å². The van der Waals surface area contributed by atoms with Crippen molar-refractivity contribution in [1.29, 1.82) is 0 Å². The molecule has 1 N–H and O–H groups in total. The summed E-state index contributed by atoms with van der Waals surface area (Å²) in [5.74, 6) is 0. The van der Waals surface area contributed by atoms with Crippen LogP contribution in [-0.2, 0) is 11.3 Å². The summed E-state index contributed by atoms with van der Waals surface area (Å²) in [5, 5.41) is 10.6. The van der Waals surface area contributed by atoms with Gasteiger partial charge in [-0.2, -0.15) is 0 Å². The van der Waals surface area contributed by atoms with Gasteiger partial charge in [-0.05, 0) is 44.5 Å². The zero-order valence-electron chi connectivity index (χ0n) is 11.1. The lowest BCUT2D eigenvalue weighted by atomic mass is 10.1. The normalized spacial score (nSPS) is 11.8. The highest BCUT2D eigenvalue weighted by molar-refractivity contribution is 6.31. The van der Waals surface area contributed by atoms with Crippen molar-refractivity contribution in [2.75, 3.05) is 0 Å². The number of aliphatic hydroxyl groups is 1. The van der Waals surface area contributed by atoms with Crippen LogP contribution >= 0.6 is 11.6 Å². The predicted octanol–water partition coefficient (Wildman–Crippen LogP) is 3.57. The van der Waals surface area contributed by atoms with Gasteiger partial charge in [-0.15, -0.1) is 0 Å². The molecule has 0 radical (unpaired) electrons. The van der Waals surface area contributed by atoms with Crippen LogP contribution in [0.2, 0.25) is 5.02 Å².